The first-order valence-corrected chi connectivity index (χ1v) is 9.43. The van der Waals surface area contributed by atoms with Crippen molar-refractivity contribution < 1.29 is 14.3 Å². The van der Waals surface area contributed by atoms with Crippen molar-refractivity contribution in [3.05, 3.63) is 23.9 Å². The number of aromatic nitrogens is 1. The summed E-state index contributed by atoms with van der Waals surface area (Å²) in [5.74, 6) is 1.20. The van der Waals surface area contributed by atoms with E-state index < -0.39 is 0 Å². The van der Waals surface area contributed by atoms with E-state index in [0.717, 1.165) is 51.1 Å². The Morgan fingerprint density at radius 2 is 2.20 bits per heavy atom. The van der Waals surface area contributed by atoms with Crippen LogP contribution in [0.15, 0.2) is 18.3 Å². The Labute approximate surface area is 149 Å². The van der Waals surface area contributed by atoms with Crippen LogP contribution in [0.5, 0.6) is 5.88 Å². The molecule has 3 heterocycles. The second-order valence-electron chi connectivity index (χ2n) is 7.14. The van der Waals surface area contributed by atoms with Gasteiger partial charge in [0.1, 0.15) is 6.10 Å². The number of amides is 2. The number of pyridine rings is 1. The lowest BCUT2D eigenvalue weighted by atomic mass is 10.1. The fraction of sp³-hybridized carbons (Fsp3) is 0.684. The Kier molecular flexibility index (Phi) is 6.50. The first-order valence-electron chi connectivity index (χ1n) is 9.43. The zero-order chi connectivity index (χ0) is 17.5. The number of hydrogen-bond donors (Lipinski definition) is 1. The smallest absolute Gasteiger partial charge is 0.317 e. The molecular weight excluding hydrogens is 318 g/mol. The van der Waals surface area contributed by atoms with E-state index in [1.165, 1.54) is 12.8 Å². The van der Waals surface area contributed by atoms with Gasteiger partial charge in [-0.1, -0.05) is 13.3 Å². The third-order valence-electron chi connectivity index (χ3n) is 4.89. The minimum atomic E-state index is 0.0254. The summed E-state index contributed by atoms with van der Waals surface area (Å²) in [6.07, 6.45) is 7.22. The monoisotopic (exact) mass is 347 g/mol. The molecule has 6 heteroatoms. The average molecular weight is 347 g/mol. The van der Waals surface area contributed by atoms with Crippen LogP contribution in [-0.2, 0) is 11.3 Å². The van der Waals surface area contributed by atoms with Gasteiger partial charge in [0, 0.05) is 44.7 Å². The van der Waals surface area contributed by atoms with Crippen LogP contribution in [0.4, 0.5) is 4.79 Å². The number of hydrogen-bond acceptors (Lipinski definition) is 4. The van der Waals surface area contributed by atoms with Crippen LogP contribution >= 0.6 is 0 Å². The number of likely N-dealkylation sites (tertiary alicyclic amines) is 1. The maximum Gasteiger partial charge on any atom is 0.317 e. The molecule has 25 heavy (non-hydrogen) atoms. The molecule has 0 radical (unpaired) electrons. The molecule has 0 aliphatic carbocycles. The van der Waals surface area contributed by atoms with Crippen LogP contribution in [0.1, 0.15) is 44.6 Å². The van der Waals surface area contributed by atoms with Crippen LogP contribution in [0.2, 0.25) is 0 Å². The molecule has 2 saturated heterocycles. The highest BCUT2D eigenvalue weighted by Gasteiger charge is 2.19. The molecule has 138 valence electrons. The van der Waals surface area contributed by atoms with E-state index >= 15 is 0 Å². The Hall–Kier alpha value is -1.82. The summed E-state index contributed by atoms with van der Waals surface area (Å²) in [6.45, 7) is 5.90. The predicted octanol–water partition coefficient (Wildman–Crippen LogP) is 2.97. The van der Waals surface area contributed by atoms with E-state index in [0.29, 0.717) is 18.3 Å². The average Bonchev–Trinajstić information content (AvgIpc) is 2.85. The highest BCUT2D eigenvalue weighted by molar-refractivity contribution is 5.74. The van der Waals surface area contributed by atoms with Gasteiger partial charge in [0.05, 0.1) is 13.2 Å². The number of nitrogens with zero attached hydrogens (tertiary/aromatic N) is 2. The minimum Gasteiger partial charge on any atom is -0.474 e. The summed E-state index contributed by atoms with van der Waals surface area (Å²) in [4.78, 5) is 18.7. The molecule has 1 atom stereocenters. The van der Waals surface area contributed by atoms with Crippen LogP contribution in [-0.4, -0.2) is 48.3 Å². The summed E-state index contributed by atoms with van der Waals surface area (Å²) >= 11 is 0. The van der Waals surface area contributed by atoms with Crippen molar-refractivity contribution in [1.29, 1.82) is 0 Å². The van der Waals surface area contributed by atoms with Gasteiger partial charge in [-0.25, -0.2) is 9.78 Å². The summed E-state index contributed by atoms with van der Waals surface area (Å²) in [7, 11) is 0. The molecule has 0 unspecified atom stereocenters. The summed E-state index contributed by atoms with van der Waals surface area (Å²) in [5, 5.41) is 3.03. The Balaban J connectivity index is 1.50. The van der Waals surface area contributed by atoms with Crippen molar-refractivity contribution in [2.24, 2.45) is 5.92 Å². The molecule has 2 amide bonds. The maximum atomic E-state index is 12.4. The van der Waals surface area contributed by atoms with Crippen molar-refractivity contribution in [3.63, 3.8) is 0 Å². The molecule has 6 nitrogen and oxygen atoms in total. The van der Waals surface area contributed by atoms with Crippen LogP contribution in [0.25, 0.3) is 0 Å². The van der Waals surface area contributed by atoms with Crippen molar-refractivity contribution >= 4 is 6.03 Å². The van der Waals surface area contributed by atoms with Crippen LogP contribution in [0, 0.1) is 5.92 Å². The number of carbonyl (C=O) groups is 1. The zero-order valence-electron chi connectivity index (χ0n) is 15.1. The molecule has 0 saturated carbocycles. The Morgan fingerprint density at radius 3 is 3.04 bits per heavy atom. The molecule has 2 aliphatic rings. The van der Waals surface area contributed by atoms with Gasteiger partial charge in [-0.15, -0.1) is 0 Å². The molecule has 1 N–H and O–H groups in total. The second kappa shape index (κ2) is 9.04. The molecule has 1 aromatic rings. The van der Waals surface area contributed by atoms with Crippen molar-refractivity contribution in [3.8, 4) is 5.88 Å². The van der Waals surface area contributed by atoms with Gasteiger partial charge in [-0.05, 0) is 30.4 Å². The van der Waals surface area contributed by atoms with Crippen LogP contribution < -0.4 is 10.1 Å². The maximum absolute atomic E-state index is 12.4. The van der Waals surface area contributed by atoms with Crippen LogP contribution in [0.3, 0.4) is 0 Å². The number of carbonyl (C=O) groups excluding carboxylic acids is 1. The molecule has 2 aliphatic heterocycles. The number of nitrogens with one attached hydrogen (secondary N) is 1. The van der Waals surface area contributed by atoms with Gasteiger partial charge in [0.25, 0.3) is 0 Å². The molecule has 0 bridgehead atoms. The van der Waals surface area contributed by atoms with E-state index in [2.05, 4.69) is 17.2 Å². The van der Waals surface area contributed by atoms with Gasteiger partial charge >= 0.3 is 6.03 Å². The normalized spacial score (nSPS) is 22.3. The first-order chi connectivity index (χ1) is 12.2. The van der Waals surface area contributed by atoms with Crippen molar-refractivity contribution in [2.45, 2.75) is 51.7 Å². The topological polar surface area (TPSA) is 63.7 Å². The van der Waals surface area contributed by atoms with Gasteiger partial charge in [0.2, 0.25) is 5.88 Å². The second-order valence-corrected chi connectivity index (χ2v) is 7.14. The van der Waals surface area contributed by atoms with E-state index in [9.17, 15) is 4.79 Å². The van der Waals surface area contributed by atoms with E-state index in [-0.39, 0.29) is 12.1 Å². The predicted molar refractivity (Wildman–Crippen MR) is 95.5 cm³/mol. The van der Waals surface area contributed by atoms with E-state index in [1.54, 1.807) is 6.20 Å². The summed E-state index contributed by atoms with van der Waals surface area (Å²) < 4.78 is 11.3. The number of rotatable bonds is 4. The Bertz CT molecular complexity index is 561. The largest absolute Gasteiger partial charge is 0.474 e. The third-order valence-corrected chi connectivity index (χ3v) is 4.89. The van der Waals surface area contributed by atoms with Crippen molar-refractivity contribution in [2.75, 3.05) is 26.3 Å². The lowest BCUT2D eigenvalue weighted by Gasteiger charge is -2.24. The lowest BCUT2D eigenvalue weighted by Crippen LogP contribution is -2.41. The van der Waals surface area contributed by atoms with Gasteiger partial charge < -0.3 is 19.7 Å². The van der Waals surface area contributed by atoms with E-state index in [4.69, 9.17) is 9.47 Å². The molecule has 3 rings (SSSR count). The highest BCUT2D eigenvalue weighted by atomic mass is 16.5. The highest BCUT2D eigenvalue weighted by Crippen LogP contribution is 2.18. The van der Waals surface area contributed by atoms with Gasteiger partial charge in [-0.3, -0.25) is 0 Å². The fourth-order valence-corrected chi connectivity index (χ4v) is 3.42. The van der Waals surface area contributed by atoms with Crippen molar-refractivity contribution in [1.82, 2.24) is 15.2 Å². The zero-order valence-corrected chi connectivity index (χ0v) is 15.1. The molecule has 2 fully saturated rings. The van der Waals surface area contributed by atoms with Gasteiger partial charge in [0.15, 0.2) is 0 Å². The molecule has 1 aromatic heterocycles. The standard InChI is InChI=1S/C19H29N3O3/c1-15-4-2-3-9-22(14-15)19(23)21-13-16-5-8-20-18(12-16)25-17-6-10-24-11-7-17/h5,8,12,15,17H,2-4,6-7,9-11,13-14H2,1H3,(H,21,23)/t15-/m1/s1. The molecule has 0 aromatic carbocycles. The SMILES string of the molecule is C[C@@H]1CCCCN(C(=O)NCc2ccnc(OC3CCOCC3)c2)C1. The number of urea groups is 1. The first kappa shape index (κ1) is 18.0. The summed E-state index contributed by atoms with van der Waals surface area (Å²) in [5.41, 5.74) is 1.01. The fourth-order valence-electron chi connectivity index (χ4n) is 3.42. The van der Waals surface area contributed by atoms with Gasteiger partial charge in [-0.2, -0.15) is 0 Å². The lowest BCUT2D eigenvalue weighted by molar-refractivity contribution is 0.0237. The minimum absolute atomic E-state index is 0.0254. The summed E-state index contributed by atoms with van der Waals surface area (Å²) in [6, 6.07) is 3.86. The van der Waals surface area contributed by atoms with E-state index in [1.807, 2.05) is 17.0 Å². The molecular formula is C19H29N3O3. The quantitative estimate of drug-likeness (QED) is 0.909. The Morgan fingerprint density at radius 1 is 1.36 bits per heavy atom. The third kappa shape index (κ3) is 5.59. The molecule has 0 spiro atoms. The number of ether oxygens (including phenoxy) is 2.